The number of carboxylic acid groups (broad SMARTS) is 1. The van der Waals surface area contributed by atoms with E-state index in [0.29, 0.717) is 22.3 Å². The smallest absolute Gasteiger partial charge is 0.326 e. The minimum atomic E-state index is -1.02. The van der Waals surface area contributed by atoms with Gasteiger partial charge in [0.25, 0.3) is 5.91 Å². The second kappa shape index (κ2) is 13.5. The molecule has 1 aromatic rings. The number of aliphatic carboxylic acids is 1. The van der Waals surface area contributed by atoms with Crippen LogP contribution in [-0.4, -0.2) is 38.9 Å². The second-order valence-corrected chi connectivity index (χ2v) is 9.41. The van der Waals surface area contributed by atoms with Crippen molar-refractivity contribution >= 4 is 46.3 Å². The van der Waals surface area contributed by atoms with Crippen molar-refractivity contribution in [3.05, 3.63) is 34.7 Å². The van der Waals surface area contributed by atoms with E-state index >= 15 is 0 Å². The molecule has 1 atom stereocenters. The van der Waals surface area contributed by atoms with Gasteiger partial charge in [-0.3, -0.25) is 9.69 Å². The van der Waals surface area contributed by atoms with Crippen LogP contribution in [0.3, 0.4) is 0 Å². The van der Waals surface area contributed by atoms with Crippen LogP contribution in [0.2, 0.25) is 0 Å². The third kappa shape index (κ3) is 7.96. The number of amides is 1. The summed E-state index contributed by atoms with van der Waals surface area (Å²) < 4.78 is 6.11. The van der Waals surface area contributed by atoms with Gasteiger partial charge < -0.3 is 9.84 Å². The first-order chi connectivity index (χ1) is 15.0. The van der Waals surface area contributed by atoms with Crippen LogP contribution in [0.5, 0.6) is 5.75 Å². The fourth-order valence-corrected chi connectivity index (χ4v) is 4.75. The number of carbonyl (C=O) groups is 2. The number of thiocarbonyl (C=S) groups is 1. The van der Waals surface area contributed by atoms with Crippen LogP contribution < -0.4 is 4.74 Å². The number of unbranched alkanes of at least 4 members (excludes halogenated alkanes) is 6. The second-order valence-electron chi connectivity index (χ2n) is 7.73. The standard InChI is InChI=1S/C24H33NO4S2/c1-3-5-7-8-9-10-16-29-19-14-12-18(13-15-19)17-21-22(26)25(24(30)31-21)20(23(27)28)11-6-4-2/h12-15,17,20H,3-11,16H2,1-2H3,(H,27,28)/b21-17+/t20-/m1/s1. The van der Waals surface area contributed by atoms with E-state index in [0.717, 1.165) is 42.3 Å². The predicted molar refractivity (Wildman–Crippen MR) is 131 cm³/mol. The van der Waals surface area contributed by atoms with Crippen LogP contribution in [0.25, 0.3) is 6.08 Å². The number of nitrogens with zero attached hydrogens (tertiary/aromatic N) is 1. The lowest BCUT2D eigenvalue weighted by atomic mass is 10.1. The van der Waals surface area contributed by atoms with Crippen molar-refractivity contribution < 1.29 is 19.4 Å². The molecular weight excluding hydrogens is 430 g/mol. The topological polar surface area (TPSA) is 66.8 Å². The van der Waals surface area contributed by atoms with Crippen LogP contribution in [-0.2, 0) is 9.59 Å². The summed E-state index contributed by atoms with van der Waals surface area (Å²) in [5.74, 6) is -0.538. The largest absolute Gasteiger partial charge is 0.494 e. The summed E-state index contributed by atoms with van der Waals surface area (Å²) in [4.78, 5) is 26.2. The number of hydrogen-bond donors (Lipinski definition) is 1. The average molecular weight is 464 g/mol. The molecule has 5 nitrogen and oxygen atoms in total. The number of carbonyl (C=O) groups excluding carboxylic acids is 1. The highest BCUT2D eigenvalue weighted by Crippen LogP contribution is 2.35. The van der Waals surface area contributed by atoms with Crippen LogP contribution >= 0.6 is 24.0 Å². The Morgan fingerprint density at radius 3 is 2.39 bits per heavy atom. The molecule has 2 rings (SSSR count). The third-order valence-corrected chi connectivity index (χ3v) is 6.53. The van der Waals surface area contributed by atoms with Crippen molar-refractivity contribution in [3.63, 3.8) is 0 Å². The molecule has 170 valence electrons. The van der Waals surface area contributed by atoms with Gasteiger partial charge >= 0.3 is 5.97 Å². The number of ether oxygens (including phenoxy) is 1. The van der Waals surface area contributed by atoms with E-state index in [1.807, 2.05) is 31.2 Å². The molecule has 0 spiro atoms. The normalized spacial score (nSPS) is 16.2. The fourth-order valence-electron chi connectivity index (χ4n) is 3.39. The molecule has 1 fully saturated rings. The molecule has 31 heavy (non-hydrogen) atoms. The molecule has 0 aliphatic carbocycles. The van der Waals surface area contributed by atoms with Crippen LogP contribution in [0.15, 0.2) is 29.2 Å². The molecule has 0 aromatic heterocycles. The van der Waals surface area contributed by atoms with Crippen molar-refractivity contribution in [3.8, 4) is 5.75 Å². The van der Waals surface area contributed by atoms with E-state index < -0.39 is 12.0 Å². The summed E-state index contributed by atoms with van der Waals surface area (Å²) in [7, 11) is 0. The molecule has 1 aromatic carbocycles. The first kappa shape index (κ1) is 25.4. The van der Waals surface area contributed by atoms with Crippen LogP contribution in [0.1, 0.15) is 77.2 Å². The number of hydrogen-bond acceptors (Lipinski definition) is 5. The fraction of sp³-hybridized carbons (Fsp3) is 0.542. The Balaban J connectivity index is 1.92. The van der Waals surface area contributed by atoms with Gasteiger partial charge in [-0.05, 0) is 36.6 Å². The molecule has 0 unspecified atom stereocenters. The van der Waals surface area contributed by atoms with Gasteiger partial charge in [0.15, 0.2) is 0 Å². The average Bonchev–Trinajstić information content (AvgIpc) is 3.02. The third-order valence-electron chi connectivity index (χ3n) is 5.20. The minimum absolute atomic E-state index is 0.304. The van der Waals surface area contributed by atoms with Gasteiger partial charge in [0, 0.05) is 0 Å². The van der Waals surface area contributed by atoms with E-state index in [1.54, 1.807) is 6.08 Å². The zero-order chi connectivity index (χ0) is 22.6. The van der Waals surface area contributed by atoms with Gasteiger partial charge in [-0.25, -0.2) is 4.79 Å². The SMILES string of the molecule is CCCCCCCCOc1ccc(/C=C2/SC(=S)N([C@H](CCCC)C(=O)O)C2=O)cc1. The van der Waals surface area contributed by atoms with Crippen molar-refractivity contribution in [1.29, 1.82) is 0 Å². The Morgan fingerprint density at radius 1 is 1.10 bits per heavy atom. The molecular formula is C24H33NO4S2. The highest BCUT2D eigenvalue weighted by molar-refractivity contribution is 8.26. The quantitative estimate of drug-likeness (QED) is 0.199. The maximum absolute atomic E-state index is 12.8. The van der Waals surface area contributed by atoms with Crippen molar-refractivity contribution in [2.24, 2.45) is 0 Å². The van der Waals surface area contributed by atoms with Crippen molar-refractivity contribution in [2.75, 3.05) is 6.61 Å². The summed E-state index contributed by atoms with van der Waals surface area (Å²) in [6, 6.07) is 6.68. The van der Waals surface area contributed by atoms with E-state index in [4.69, 9.17) is 17.0 Å². The molecule has 1 heterocycles. The van der Waals surface area contributed by atoms with E-state index in [2.05, 4.69) is 6.92 Å². The molecule has 1 aliphatic rings. The van der Waals surface area contributed by atoms with Gasteiger partial charge in [0.05, 0.1) is 11.5 Å². The predicted octanol–water partition coefficient (Wildman–Crippen LogP) is 6.27. The number of rotatable bonds is 14. The Labute approximate surface area is 195 Å². The Hall–Kier alpha value is -1.86. The van der Waals surface area contributed by atoms with Crippen LogP contribution in [0, 0.1) is 0 Å². The molecule has 1 N–H and O–H groups in total. The molecule has 1 saturated heterocycles. The minimum Gasteiger partial charge on any atom is -0.494 e. The maximum atomic E-state index is 12.8. The lowest BCUT2D eigenvalue weighted by Crippen LogP contribution is -2.43. The zero-order valence-corrected chi connectivity index (χ0v) is 20.1. The molecule has 0 saturated carbocycles. The molecule has 1 amide bonds. The van der Waals surface area contributed by atoms with Gasteiger partial charge in [0.1, 0.15) is 16.1 Å². The number of thioether (sulfide) groups is 1. The first-order valence-corrected chi connectivity index (χ1v) is 12.4. The van der Waals surface area contributed by atoms with Gasteiger partial charge in [0.2, 0.25) is 0 Å². The summed E-state index contributed by atoms with van der Waals surface area (Å²) in [5.41, 5.74) is 0.854. The van der Waals surface area contributed by atoms with Crippen LogP contribution in [0.4, 0.5) is 0 Å². The Morgan fingerprint density at radius 2 is 1.74 bits per heavy atom. The zero-order valence-electron chi connectivity index (χ0n) is 18.5. The van der Waals surface area contributed by atoms with Crippen molar-refractivity contribution in [1.82, 2.24) is 4.90 Å². The van der Waals surface area contributed by atoms with Crippen molar-refractivity contribution in [2.45, 2.75) is 77.7 Å². The molecule has 1 aliphatic heterocycles. The monoisotopic (exact) mass is 463 g/mol. The maximum Gasteiger partial charge on any atom is 0.326 e. The van der Waals surface area contributed by atoms with E-state index in [1.165, 1.54) is 37.0 Å². The van der Waals surface area contributed by atoms with Gasteiger partial charge in [-0.15, -0.1) is 0 Å². The van der Waals surface area contributed by atoms with E-state index in [9.17, 15) is 14.7 Å². The van der Waals surface area contributed by atoms with E-state index in [-0.39, 0.29) is 5.91 Å². The molecule has 7 heteroatoms. The Bertz CT molecular complexity index is 776. The summed E-state index contributed by atoms with van der Waals surface area (Å²) in [6.45, 7) is 4.91. The van der Waals surface area contributed by atoms with Gasteiger partial charge in [-0.2, -0.15) is 0 Å². The number of carboxylic acids is 1. The lowest BCUT2D eigenvalue weighted by molar-refractivity contribution is -0.145. The summed E-state index contributed by atoms with van der Waals surface area (Å²) >= 11 is 6.47. The first-order valence-electron chi connectivity index (χ1n) is 11.2. The number of benzene rings is 1. The Kier molecular flexibility index (Phi) is 11.1. The summed E-state index contributed by atoms with van der Waals surface area (Å²) in [6.07, 6.45) is 11.1. The highest BCUT2D eigenvalue weighted by atomic mass is 32.2. The van der Waals surface area contributed by atoms with Gasteiger partial charge in [-0.1, -0.05) is 94.9 Å². The molecule has 0 bridgehead atoms. The molecule has 0 radical (unpaired) electrons. The highest BCUT2D eigenvalue weighted by Gasteiger charge is 2.40. The summed E-state index contributed by atoms with van der Waals surface area (Å²) in [5, 5.41) is 9.55. The lowest BCUT2D eigenvalue weighted by Gasteiger charge is -2.22.